The molecule has 0 aromatic rings. The number of ether oxygens (including phenoxy) is 1. The number of hydrogen-bond donors (Lipinski definition) is 1. The summed E-state index contributed by atoms with van der Waals surface area (Å²) >= 11 is 0. The van der Waals surface area contributed by atoms with Crippen molar-refractivity contribution in [2.24, 2.45) is 11.7 Å². The number of nitrogens with zero attached hydrogens (tertiary/aromatic N) is 2. The van der Waals surface area contributed by atoms with Crippen LogP contribution in [0.2, 0.25) is 0 Å². The fourth-order valence-corrected chi connectivity index (χ4v) is 1.80. The summed E-state index contributed by atoms with van der Waals surface area (Å²) in [6, 6.07) is 0. The van der Waals surface area contributed by atoms with E-state index < -0.39 is 0 Å². The number of amides is 1. The molecule has 0 unspecified atom stereocenters. The van der Waals surface area contributed by atoms with Crippen molar-refractivity contribution in [3.63, 3.8) is 0 Å². The maximum absolute atomic E-state index is 11.7. The van der Waals surface area contributed by atoms with Crippen LogP contribution in [0.5, 0.6) is 0 Å². The Hall–Kier alpha value is -0.810. The molecule has 0 saturated carbocycles. The van der Waals surface area contributed by atoms with Gasteiger partial charge in [-0.05, 0) is 25.4 Å². The smallest absolute Gasteiger partial charge is 0.409 e. The van der Waals surface area contributed by atoms with Crippen LogP contribution in [0.1, 0.15) is 20.3 Å². The Morgan fingerprint density at radius 1 is 1.29 bits per heavy atom. The second kappa shape index (κ2) is 7.50. The van der Waals surface area contributed by atoms with Crippen LogP contribution in [0.25, 0.3) is 0 Å². The molecular formula is C12H25N3O2. The molecule has 5 nitrogen and oxygen atoms in total. The quantitative estimate of drug-likeness (QED) is 0.774. The molecule has 17 heavy (non-hydrogen) atoms. The Balaban J connectivity index is 2.19. The molecule has 0 radical (unpaired) electrons. The summed E-state index contributed by atoms with van der Waals surface area (Å²) in [5.74, 6) is 0.393. The average molecular weight is 243 g/mol. The highest BCUT2D eigenvalue weighted by Crippen LogP contribution is 2.05. The first-order valence-electron chi connectivity index (χ1n) is 6.47. The summed E-state index contributed by atoms with van der Waals surface area (Å²) in [5.41, 5.74) is 5.48. The number of carbonyl (C=O) groups is 1. The van der Waals surface area contributed by atoms with Gasteiger partial charge in [-0.3, -0.25) is 4.90 Å². The maximum atomic E-state index is 11.7. The minimum Gasteiger partial charge on any atom is -0.449 e. The van der Waals surface area contributed by atoms with E-state index in [0.29, 0.717) is 12.5 Å². The zero-order valence-corrected chi connectivity index (χ0v) is 11.0. The van der Waals surface area contributed by atoms with E-state index in [1.807, 2.05) is 13.8 Å². The average Bonchev–Trinajstić information content (AvgIpc) is 2.34. The number of piperazine rings is 1. The van der Waals surface area contributed by atoms with Gasteiger partial charge in [-0.1, -0.05) is 13.8 Å². The number of nitrogens with two attached hydrogens (primary N) is 1. The van der Waals surface area contributed by atoms with Gasteiger partial charge in [0.05, 0.1) is 6.61 Å². The largest absolute Gasteiger partial charge is 0.449 e. The van der Waals surface area contributed by atoms with Gasteiger partial charge in [0, 0.05) is 26.2 Å². The molecule has 1 saturated heterocycles. The Kier molecular flexibility index (Phi) is 6.29. The molecule has 2 N–H and O–H groups in total. The van der Waals surface area contributed by atoms with E-state index in [4.69, 9.17) is 10.5 Å². The minimum absolute atomic E-state index is 0.169. The highest BCUT2D eigenvalue weighted by molar-refractivity contribution is 5.67. The van der Waals surface area contributed by atoms with Gasteiger partial charge < -0.3 is 15.4 Å². The van der Waals surface area contributed by atoms with E-state index in [0.717, 1.165) is 45.7 Å². The third kappa shape index (κ3) is 5.37. The van der Waals surface area contributed by atoms with Crippen molar-refractivity contribution >= 4 is 6.09 Å². The van der Waals surface area contributed by atoms with Crippen LogP contribution < -0.4 is 5.73 Å². The highest BCUT2D eigenvalue weighted by atomic mass is 16.6. The second-order valence-electron chi connectivity index (χ2n) is 4.94. The van der Waals surface area contributed by atoms with Gasteiger partial charge >= 0.3 is 6.09 Å². The lowest BCUT2D eigenvalue weighted by molar-refractivity contribution is 0.0690. The molecule has 0 aliphatic carbocycles. The van der Waals surface area contributed by atoms with Gasteiger partial charge in [-0.25, -0.2) is 4.79 Å². The predicted octanol–water partition coefficient (Wildman–Crippen LogP) is 0.745. The number of hydrogen-bond acceptors (Lipinski definition) is 4. The monoisotopic (exact) mass is 243 g/mol. The van der Waals surface area contributed by atoms with E-state index in [1.54, 1.807) is 4.90 Å². The SMILES string of the molecule is CC(C)COC(=O)N1CCN(CCCN)CC1. The van der Waals surface area contributed by atoms with E-state index in [9.17, 15) is 4.79 Å². The van der Waals surface area contributed by atoms with Gasteiger partial charge in [0.15, 0.2) is 0 Å². The number of carbonyl (C=O) groups excluding carboxylic acids is 1. The van der Waals surface area contributed by atoms with Gasteiger partial charge in [-0.15, -0.1) is 0 Å². The van der Waals surface area contributed by atoms with Crippen molar-refractivity contribution in [3.8, 4) is 0 Å². The van der Waals surface area contributed by atoms with Crippen LogP contribution in [0.3, 0.4) is 0 Å². The van der Waals surface area contributed by atoms with Gasteiger partial charge in [0.1, 0.15) is 0 Å². The molecule has 0 spiro atoms. The van der Waals surface area contributed by atoms with Crippen LogP contribution in [-0.2, 0) is 4.74 Å². The molecule has 0 aromatic heterocycles. The molecule has 100 valence electrons. The summed E-state index contributed by atoms with van der Waals surface area (Å²) in [6.07, 6.45) is 0.856. The molecule has 1 aliphatic rings. The zero-order valence-electron chi connectivity index (χ0n) is 11.0. The minimum atomic E-state index is -0.169. The molecule has 1 amide bonds. The van der Waals surface area contributed by atoms with Crippen molar-refractivity contribution in [3.05, 3.63) is 0 Å². The van der Waals surface area contributed by atoms with E-state index in [-0.39, 0.29) is 6.09 Å². The Morgan fingerprint density at radius 3 is 2.47 bits per heavy atom. The Labute approximate surface area is 104 Å². The molecule has 5 heteroatoms. The topological polar surface area (TPSA) is 58.8 Å². The van der Waals surface area contributed by atoms with E-state index in [1.165, 1.54) is 0 Å². The van der Waals surface area contributed by atoms with Gasteiger partial charge in [0.2, 0.25) is 0 Å². The fraction of sp³-hybridized carbons (Fsp3) is 0.917. The lowest BCUT2D eigenvalue weighted by Crippen LogP contribution is -2.49. The lowest BCUT2D eigenvalue weighted by Gasteiger charge is -2.34. The Morgan fingerprint density at radius 2 is 1.94 bits per heavy atom. The first-order valence-corrected chi connectivity index (χ1v) is 6.47. The molecule has 1 aliphatic heterocycles. The summed E-state index contributed by atoms with van der Waals surface area (Å²) < 4.78 is 5.21. The summed E-state index contributed by atoms with van der Waals surface area (Å²) in [7, 11) is 0. The van der Waals surface area contributed by atoms with Gasteiger partial charge in [-0.2, -0.15) is 0 Å². The molecule has 0 bridgehead atoms. The predicted molar refractivity (Wildman–Crippen MR) is 67.9 cm³/mol. The molecule has 0 aromatic carbocycles. The third-order valence-electron chi connectivity index (χ3n) is 2.85. The van der Waals surface area contributed by atoms with Crippen molar-refractivity contribution in [2.45, 2.75) is 20.3 Å². The summed E-state index contributed by atoms with van der Waals surface area (Å²) in [6.45, 7) is 9.74. The lowest BCUT2D eigenvalue weighted by atomic mass is 10.2. The van der Waals surface area contributed by atoms with Crippen LogP contribution >= 0.6 is 0 Å². The first-order chi connectivity index (χ1) is 8.13. The molecular weight excluding hydrogens is 218 g/mol. The maximum Gasteiger partial charge on any atom is 0.409 e. The highest BCUT2D eigenvalue weighted by Gasteiger charge is 2.21. The van der Waals surface area contributed by atoms with Gasteiger partial charge in [0.25, 0.3) is 0 Å². The fourth-order valence-electron chi connectivity index (χ4n) is 1.80. The zero-order chi connectivity index (χ0) is 12.7. The third-order valence-corrected chi connectivity index (χ3v) is 2.85. The van der Waals surface area contributed by atoms with Crippen molar-refractivity contribution in [1.82, 2.24) is 9.80 Å². The molecule has 1 rings (SSSR count). The molecule has 1 heterocycles. The van der Waals surface area contributed by atoms with Crippen LogP contribution in [0.4, 0.5) is 4.79 Å². The van der Waals surface area contributed by atoms with Crippen molar-refractivity contribution in [1.29, 1.82) is 0 Å². The Bertz CT molecular complexity index is 226. The standard InChI is InChI=1S/C12H25N3O2/c1-11(2)10-17-12(16)15-8-6-14(7-9-15)5-3-4-13/h11H,3-10,13H2,1-2H3. The van der Waals surface area contributed by atoms with Crippen LogP contribution in [0.15, 0.2) is 0 Å². The normalized spacial score (nSPS) is 17.5. The second-order valence-corrected chi connectivity index (χ2v) is 4.94. The first kappa shape index (κ1) is 14.3. The molecule has 0 atom stereocenters. The van der Waals surface area contributed by atoms with E-state index in [2.05, 4.69) is 4.90 Å². The van der Waals surface area contributed by atoms with Crippen LogP contribution in [0, 0.1) is 5.92 Å². The van der Waals surface area contributed by atoms with E-state index >= 15 is 0 Å². The van der Waals surface area contributed by atoms with Crippen molar-refractivity contribution in [2.75, 3.05) is 45.9 Å². The van der Waals surface area contributed by atoms with Crippen molar-refractivity contribution < 1.29 is 9.53 Å². The number of rotatable bonds is 5. The van der Waals surface area contributed by atoms with Crippen LogP contribution in [-0.4, -0.2) is 61.8 Å². The summed E-state index contributed by atoms with van der Waals surface area (Å²) in [5, 5.41) is 0. The molecule has 1 fully saturated rings. The summed E-state index contributed by atoms with van der Waals surface area (Å²) in [4.78, 5) is 15.8.